The van der Waals surface area contributed by atoms with E-state index in [2.05, 4.69) is 0 Å². The molecule has 6 nitrogen and oxygen atoms in total. The van der Waals surface area contributed by atoms with Crippen LogP contribution in [0.15, 0.2) is 30.3 Å². The number of rotatable bonds is 7. The molecule has 132 valence electrons. The molecule has 1 aromatic rings. The fourth-order valence-corrected chi connectivity index (χ4v) is 6.05. The zero-order valence-corrected chi connectivity index (χ0v) is 15.1. The Balaban J connectivity index is 2.00. The Kier molecular flexibility index (Phi) is 6.28. The molecule has 1 fully saturated rings. The lowest BCUT2D eigenvalue weighted by Crippen LogP contribution is -2.43. The van der Waals surface area contributed by atoms with Gasteiger partial charge in [0.1, 0.15) is 6.04 Å². The number of carboxylic acid groups (broad SMARTS) is 1. The summed E-state index contributed by atoms with van der Waals surface area (Å²) in [6.07, 6.45) is 0.549. The molecule has 0 radical (unpaired) electrons. The molecule has 1 amide bonds. The predicted octanol–water partition coefficient (Wildman–Crippen LogP) is 1.41. The van der Waals surface area contributed by atoms with Crippen LogP contribution in [0, 0.1) is 0 Å². The van der Waals surface area contributed by atoms with Gasteiger partial charge in [-0.15, -0.1) is 11.8 Å². The first-order valence-electron chi connectivity index (χ1n) is 7.67. The van der Waals surface area contributed by atoms with Gasteiger partial charge in [0.05, 0.1) is 17.3 Å². The summed E-state index contributed by atoms with van der Waals surface area (Å²) in [6, 6.07) is 8.26. The monoisotopic (exact) mass is 371 g/mol. The van der Waals surface area contributed by atoms with Crippen LogP contribution in [-0.2, 0) is 26.0 Å². The number of thioether (sulfide) groups is 1. The van der Waals surface area contributed by atoms with Crippen molar-refractivity contribution in [3.05, 3.63) is 35.9 Å². The smallest absolute Gasteiger partial charge is 0.326 e. The van der Waals surface area contributed by atoms with Crippen molar-refractivity contribution in [2.45, 2.75) is 31.2 Å². The van der Waals surface area contributed by atoms with Crippen LogP contribution in [0.25, 0.3) is 0 Å². The summed E-state index contributed by atoms with van der Waals surface area (Å²) in [5.74, 6) is -1.00. The molecule has 1 aliphatic heterocycles. The number of aliphatic carboxylic acids is 1. The highest BCUT2D eigenvalue weighted by Crippen LogP contribution is 2.25. The third-order valence-corrected chi connectivity index (χ3v) is 7.24. The molecule has 1 aliphatic rings. The van der Waals surface area contributed by atoms with Crippen LogP contribution >= 0.6 is 11.8 Å². The molecular formula is C16H21NO5S2. The Morgan fingerprint density at radius 3 is 2.54 bits per heavy atom. The van der Waals surface area contributed by atoms with E-state index in [0.717, 1.165) is 5.56 Å². The van der Waals surface area contributed by atoms with Crippen molar-refractivity contribution in [2.24, 2.45) is 0 Å². The van der Waals surface area contributed by atoms with Gasteiger partial charge in [0, 0.05) is 11.8 Å². The lowest BCUT2D eigenvalue weighted by atomic mass is 10.2. The van der Waals surface area contributed by atoms with Gasteiger partial charge in [-0.2, -0.15) is 0 Å². The highest BCUT2D eigenvalue weighted by Gasteiger charge is 2.30. The molecule has 0 aromatic heterocycles. The zero-order chi connectivity index (χ0) is 17.7. The number of hydrogen-bond acceptors (Lipinski definition) is 5. The second-order valence-corrected chi connectivity index (χ2v) is 9.37. The quantitative estimate of drug-likeness (QED) is 0.779. The van der Waals surface area contributed by atoms with Crippen molar-refractivity contribution in [3.8, 4) is 0 Å². The van der Waals surface area contributed by atoms with Gasteiger partial charge in [0.15, 0.2) is 9.84 Å². The fourth-order valence-electron chi connectivity index (χ4n) is 2.52. The summed E-state index contributed by atoms with van der Waals surface area (Å²) in [4.78, 5) is 25.1. The molecule has 0 aliphatic carbocycles. The standard InChI is InChI=1S/C16H21NO5S2/c1-12(16(19)20)17(9-13-5-3-2-4-6-13)15(18)10-23-14-7-8-24(21,22)11-14/h2-6,12,14H,7-11H2,1H3,(H,19,20). The van der Waals surface area contributed by atoms with E-state index >= 15 is 0 Å². The van der Waals surface area contributed by atoms with Crippen LogP contribution in [0.1, 0.15) is 18.9 Å². The third kappa shape index (κ3) is 5.24. The van der Waals surface area contributed by atoms with Crippen molar-refractivity contribution in [1.82, 2.24) is 4.90 Å². The average molecular weight is 371 g/mol. The lowest BCUT2D eigenvalue weighted by molar-refractivity contribution is -0.148. The first-order valence-corrected chi connectivity index (χ1v) is 10.5. The molecule has 8 heteroatoms. The van der Waals surface area contributed by atoms with Gasteiger partial charge in [-0.25, -0.2) is 13.2 Å². The predicted molar refractivity (Wildman–Crippen MR) is 93.6 cm³/mol. The van der Waals surface area contributed by atoms with E-state index in [1.165, 1.54) is 23.6 Å². The molecule has 1 heterocycles. The lowest BCUT2D eigenvalue weighted by Gasteiger charge is -2.27. The van der Waals surface area contributed by atoms with Gasteiger partial charge in [-0.3, -0.25) is 4.79 Å². The van der Waals surface area contributed by atoms with Crippen LogP contribution in [-0.4, -0.2) is 58.9 Å². The molecule has 2 atom stereocenters. The number of carbonyl (C=O) groups excluding carboxylic acids is 1. The summed E-state index contributed by atoms with van der Waals surface area (Å²) in [5.41, 5.74) is 0.854. The highest BCUT2D eigenvalue weighted by molar-refractivity contribution is 8.02. The maximum atomic E-state index is 12.5. The van der Waals surface area contributed by atoms with Crippen LogP contribution < -0.4 is 0 Å². The highest BCUT2D eigenvalue weighted by atomic mass is 32.2. The number of sulfone groups is 1. The minimum atomic E-state index is -2.98. The Morgan fingerprint density at radius 2 is 2.00 bits per heavy atom. The molecule has 1 saturated heterocycles. The second-order valence-electron chi connectivity index (χ2n) is 5.86. The van der Waals surface area contributed by atoms with E-state index in [0.29, 0.717) is 6.42 Å². The molecule has 0 saturated carbocycles. The van der Waals surface area contributed by atoms with Crippen LogP contribution in [0.2, 0.25) is 0 Å². The topological polar surface area (TPSA) is 91.8 Å². The molecule has 2 unspecified atom stereocenters. The maximum absolute atomic E-state index is 12.5. The van der Waals surface area contributed by atoms with Crippen molar-refractivity contribution in [3.63, 3.8) is 0 Å². The number of carbonyl (C=O) groups is 2. The SMILES string of the molecule is CC(C(=O)O)N(Cc1ccccc1)C(=O)CSC1CCS(=O)(=O)C1. The summed E-state index contributed by atoms with van der Waals surface area (Å²) >= 11 is 1.30. The average Bonchev–Trinajstić information content (AvgIpc) is 2.89. The maximum Gasteiger partial charge on any atom is 0.326 e. The Labute approximate surface area is 146 Å². The van der Waals surface area contributed by atoms with Crippen molar-refractivity contribution in [2.75, 3.05) is 17.3 Å². The van der Waals surface area contributed by atoms with Crippen molar-refractivity contribution >= 4 is 33.5 Å². The summed E-state index contributed by atoms with van der Waals surface area (Å²) < 4.78 is 22.9. The molecule has 0 bridgehead atoms. The normalized spacial score (nSPS) is 20.5. The van der Waals surface area contributed by atoms with Gasteiger partial charge in [-0.05, 0) is 18.9 Å². The van der Waals surface area contributed by atoms with Crippen LogP contribution in [0.3, 0.4) is 0 Å². The molecular weight excluding hydrogens is 350 g/mol. The molecule has 0 spiro atoms. The van der Waals surface area contributed by atoms with Gasteiger partial charge < -0.3 is 10.0 Å². The van der Waals surface area contributed by atoms with Gasteiger partial charge in [-0.1, -0.05) is 30.3 Å². The molecule has 1 N–H and O–H groups in total. The van der Waals surface area contributed by atoms with Crippen LogP contribution in [0.4, 0.5) is 0 Å². The van der Waals surface area contributed by atoms with E-state index in [1.807, 2.05) is 30.3 Å². The zero-order valence-electron chi connectivity index (χ0n) is 13.4. The van der Waals surface area contributed by atoms with Gasteiger partial charge >= 0.3 is 5.97 Å². The van der Waals surface area contributed by atoms with Crippen molar-refractivity contribution in [1.29, 1.82) is 0 Å². The van der Waals surface area contributed by atoms with E-state index in [1.54, 1.807) is 0 Å². The molecule has 1 aromatic carbocycles. The summed E-state index contributed by atoms with van der Waals surface area (Å²) in [5, 5.41) is 9.16. The van der Waals surface area contributed by atoms with E-state index < -0.39 is 21.8 Å². The molecule has 24 heavy (non-hydrogen) atoms. The minimum Gasteiger partial charge on any atom is -0.480 e. The van der Waals surface area contributed by atoms with Gasteiger partial charge in [0.25, 0.3) is 0 Å². The Morgan fingerprint density at radius 1 is 1.33 bits per heavy atom. The number of hydrogen-bond donors (Lipinski definition) is 1. The number of amides is 1. The largest absolute Gasteiger partial charge is 0.480 e. The minimum absolute atomic E-state index is 0.0855. The van der Waals surface area contributed by atoms with E-state index in [-0.39, 0.29) is 35.0 Å². The summed E-state index contributed by atoms with van der Waals surface area (Å²) in [6.45, 7) is 1.70. The first-order chi connectivity index (χ1) is 11.3. The van der Waals surface area contributed by atoms with Crippen LogP contribution in [0.5, 0.6) is 0 Å². The van der Waals surface area contributed by atoms with E-state index in [4.69, 9.17) is 0 Å². The second kappa shape index (κ2) is 8.02. The fraction of sp³-hybridized carbons (Fsp3) is 0.500. The van der Waals surface area contributed by atoms with Crippen molar-refractivity contribution < 1.29 is 23.1 Å². The Hall–Kier alpha value is -1.54. The number of nitrogens with zero attached hydrogens (tertiary/aromatic N) is 1. The van der Waals surface area contributed by atoms with E-state index in [9.17, 15) is 23.1 Å². The Bertz CT molecular complexity index is 690. The number of carboxylic acids is 1. The van der Waals surface area contributed by atoms with Gasteiger partial charge in [0.2, 0.25) is 5.91 Å². The first kappa shape index (κ1) is 18.8. The number of benzene rings is 1. The summed E-state index contributed by atoms with van der Waals surface area (Å²) in [7, 11) is -2.98. The molecule has 2 rings (SSSR count). The third-order valence-electron chi connectivity index (χ3n) is 3.97.